The van der Waals surface area contributed by atoms with Crippen molar-refractivity contribution in [2.75, 3.05) is 13.2 Å². The number of esters is 1. The third-order valence-corrected chi connectivity index (χ3v) is 3.07. The fraction of sp³-hybridized carbons (Fsp3) is 0.500. The van der Waals surface area contributed by atoms with Crippen molar-refractivity contribution in [3.63, 3.8) is 0 Å². The average Bonchev–Trinajstić information content (AvgIpc) is 2.40. The molecule has 1 rings (SSSR count). The van der Waals surface area contributed by atoms with E-state index in [4.69, 9.17) is 4.74 Å². The molecule has 1 aromatic rings. The number of nitro benzene ring substituents is 1. The molecule has 0 heterocycles. The summed E-state index contributed by atoms with van der Waals surface area (Å²) in [6, 6.07) is 4.99. The molecule has 0 radical (unpaired) electrons. The van der Waals surface area contributed by atoms with Crippen molar-refractivity contribution in [2.24, 2.45) is 5.92 Å². The van der Waals surface area contributed by atoms with Crippen LogP contribution < -0.4 is 5.32 Å². The molecule has 1 atom stereocenters. The number of carbonyl (C=O) groups is 1. The largest absolute Gasteiger partial charge is 0.466 e. The Hall–Kier alpha value is -1.95. The number of nitrogens with one attached hydrogen (secondary N) is 1. The highest BCUT2D eigenvalue weighted by Crippen LogP contribution is 2.20. The lowest BCUT2D eigenvalue weighted by Crippen LogP contribution is -2.27. The van der Waals surface area contributed by atoms with Gasteiger partial charge < -0.3 is 10.1 Å². The monoisotopic (exact) mass is 280 g/mol. The molecule has 0 saturated carbocycles. The Labute approximate surface area is 118 Å². The number of ether oxygens (including phenoxy) is 1. The summed E-state index contributed by atoms with van der Waals surface area (Å²) >= 11 is 0. The lowest BCUT2D eigenvalue weighted by atomic mass is 10.1. The number of rotatable bonds is 7. The van der Waals surface area contributed by atoms with E-state index >= 15 is 0 Å². The molecule has 1 aromatic carbocycles. The van der Waals surface area contributed by atoms with Crippen molar-refractivity contribution in [3.8, 4) is 0 Å². The second-order valence-electron chi connectivity index (χ2n) is 4.60. The number of nitro groups is 1. The Morgan fingerprint density at radius 2 is 2.20 bits per heavy atom. The summed E-state index contributed by atoms with van der Waals surface area (Å²) < 4.78 is 4.91. The smallest absolute Gasteiger partial charge is 0.309 e. The van der Waals surface area contributed by atoms with Crippen molar-refractivity contribution in [1.82, 2.24) is 5.32 Å². The van der Waals surface area contributed by atoms with Gasteiger partial charge in [0.1, 0.15) is 0 Å². The van der Waals surface area contributed by atoms with Gasteiger partial charge in [-0.2, -0.15) is 0 Å². The number of nitrogens with zero attached hydrogens (tertiary/aromatic N) is 1. The third-order valence-electron chi connectivity index (χ3n) is 3.07. The lowest BCUT2D eigenvalue weighted by Gasteiger charge is -2.12. The first kappa shape index (κ1) is 16.1. The van der Waals surface area contributed by atoms with Gasteiger partial charge in [-0.05, 0) is 19.4 Å². The van der Waals surface area contributed by atoms with Crippen molar-refractivity contribution in [3.05, 3.63) is 39.4 Å². The Balaban J connectivity index is 2.56. The van der Waals surface area contributed by atoms with Gasteiger partial charge in [-0.1, -0.05) is 19.1 Å². The molecule has 6 nitrogen and oxygen atoms in total. The molecule has 110 valence electrons. The van der Waals surface area contributed by atoms with Gasteiger partial charge in [0, 0.05) is 24.7 Å². The van der Waals surface area contributed by atoms with E-state index in [0.29, 0.717) is 25.3 Å². The molecule has 0 aliphatic carbocycles. The summed E-state index contributed by atoms with van der Waals surface area (Å²) in [6.45, 7) is 6.60. The maximum atomic E-state index is 11.4. The van der Waals surface area contributed by atoms with E-state index in [2.05, 4.69) is 5.32 Å². The second-order valence-corrected chi connectivity index (χ2v) is 4.60. The Morgan fingerprint density at radius 3 is 2.80 bits per heavy atom. The topological polar surface area (TPSA) is 81.5 Å². The van der Waals surface area contributed by atoms with Crippen molar-refractivity contribution in [2.45, 2.75) is 27.3 Å². The predicted molar refractivity (Wildman–Crippen MR) is 75.3 cm³/mol. The van der Waals surface area contributed by atoms with Gasteiger partial charge in [-0.3, -0.25) is 14.9 Å². The van der Waals surface area contributed by atoms with Gasteiger partial charge in [0.15, 0.2) is 0 Å². The van der Waals surface area contributed by atoms with Crippen molar-refractivity contribution >= 4 is 11.7 Å². The van der Waals surface area contributed by atoms with Gasteiger partial charge in [0.25, 0.3) is 5.69 Å². The van der Waals surface area contributed by atoms with Crippen LogP contribution >= 0.6 is 0 Å². The molecule has 0 amide bonds. The lowest BCUT2D eigenvalue weighted by molar-refractivity contribution is -0.385. The summed E-state index contributed by atoms with van der Waals surface area (Å²) in [6.07, 6.45) is 0. The predicted octanol–water partition coefficient (Wildman–Crippen LogP) is 2.19. The number of hydrogen-bond acceptors (Lipinski definition) is 5. The number of hydrogen-bond donors (Lipinski definition) is 1. The highest BCUT2D eigenvalue weighted by atomic mass is 16.6. The zero-order valence-electron chi connectivity index (χ0n) is 12.0. The van der Waals surface area contributed by atoms with Crippen LogP contribution in [0.4, 0.5) is 5.69 Å². The molecule has 1 unspecified atom stereocenters. The summed E-state index contributed by atoms with van der Waals surface area (Å²) in [5.41, 5.74) is 1.62. The van der Waals surface area contributed by atoms with Gasteiger partial charge in [0.05, 0.1) is 17.4 Å². The number of benzene rings is 1. The first-order valence-electron chi connectivity index (χ1n) is 6.57. The molecule has 0 fully saturated rings. The third kappa shape index (κ3) is 4.31. The highest BCUT2D eigenvalue weighted by molar-refractivity contribution is 5.72. The molecular formula is C14H20N2O4. The number of carbonyl (C=O) groups excluding carboxylic acids is 1. The van der Waals surface area contributed by atoms with Crippen LogP contribution in [0.3, 0.4) is 0 Å². The van der Waals surface area contributed by atoms with Crippen LogP contribution in [0.15, 0.2) is 18.2 Å². The van der Waals surface area contributed by atoms with E-state index in [1.54, 1.807) is 26.8 Å². The zero-order chi connectivity index (χ0) is 15.1. The van der Waals surface area contributed by atoms with E-state index in [1.807, 2.05) is 6.07 Å². The quantitative estimate of drug-likeness (QED) is 0.470. The van der Waals surface area contributed by atoms with Crippen LogP contribution in [-0.4, -0.2) is 24.0 Å². The van der Waals surface area contributed by atoms with Crippen LogP contribution in [0.1, 0.15) is 25.0 Å². The van der Waals surface area contributed by atoms with E-state index in [0.717, 1.165) is 5.56 Å². The zero-order valence-corrected chi connectivity index (χ0v) is 12.0. The minimum absolute atomic E-state index is 0.114. The van der Waals surface area contributed by atoms with Crippen LogP contribution in [0.5, 0.6) is 0 Å². The minimum Gasteiger partial charge on any atom is -0.466 e. The Bertz CT molecular complexity index is 488. The molecule has 0 bridgehead atoms. The first-order chi connectivity index (χ1) is 9.47. The van der Waals surface area contributed by atoms with Crippen LogP contribution in [0.25, 0.3) is 0 Å². The van der Waals surface area contributed by atoms with Gasteiger partial charge in [-0.25, -0.2) is 0 Å². The summed E-state index contributed by atoms with van der Waals surface area (Å²) in [5, 5.41) is 14.0. The van der Waals surface area contributed by atoms with E-state index in [9.17, 15) is 14.9 Å². The maximum Gasteiger partial charge on any atom is 0.309 e. The summed E-state index contributed by atoms with van der Waals surface area (Å²) in [4.78, 5) is 21.9. The SMILES string of the molecule is CCOC(=O)C(C)CNCc1cccc([N+](=O)[O-])c1C. The van der Waals surface area contributed by atoms with Gasteiger partial charge >= 0.3 is 5.97 Å². The van der Waals surface area contributed by atoms with E-state index in [1.165, 1.54) is 6.07 Å². The van der Waals surface area contributed by atoms with Gasteiger partial charge in [0.2, 0.25) is 0 Å². The molecule has 6 heteroatoms. The molecule has 0 saturated heterocycles. The normalized spacial score (nSPS) is 11.9. The molecule has 1 N–H and O–H groups in total. The maximum absolute atomic E-state index is 11.4. The van der Waals surface area contributed by atoms with Gasteiger partial charge in [-0.15, -0.1) is 0 Å². The Morgan fingerprint density at radius 1 is 1.50 bits per heavy atom. The molecule has 0 spiro atoms. The standard InChI is InChI=1S/C14H20N2O4/c1-4-20-14(17)10(2)8-15-9-12-6-5-7-13(11(12)3)16(18)19/h5-7,10,15H,4,8-9H2,1-3H3. The van der Waals surface area contributed by atoms with Crippen LogP contribution in [0.2, 0.25) is 0 Å². The van der Waals surface area contributed by atoms with Crippen LogP contribution in [0, 0.1) is 23.0 Å². The minimum atomic E-state index is -0.389. The molecule has 0 aliphatic rings. The Kier molecular flexibility index (Phi) is 6.11. The van der Waals surface area contributed by atoms with Crippen molar-refractivity contribution < 1.29 is 14.5 Å². The van der Waals surface area contributed by atoms with Crippen LogP contribution in [-0.2, 0) is 16.1 Å². The van der Waals surface area contributed by atoms with E-state index in [-0.39, 0.29) is 22.5 Å². The summed E-state index contributed by atoms with van der Waals surface area (Å²) in [7, 11) is 0. The molecular weight excluding hydrogens is 260 g/mol. The second kappa shape index (κ2) is 7.59. The molecule has 20 heavy (non-hydrogen) atoms. The average molecular weight is 280 g/mol. The fourth-order valence-corrected chi connectivity index (χ4v) is 1.85. The molecule has 0 aliphatic heterocycles. The highest BCUT2D eigenvalue weighted by Gasteiger charge is 2.15. The molecule has 0 aromatic heterocycles. The first-order valence-corrected chi connectivity index (χ1v) is 6.57. The summed E-state index contributed by atoms with van der Waals surface area (Å²) in [5.74, 6) is -0.482. The van der Waals surface area contributed by atoms with Crippen molar-refractivity contribution in [1.29, 1.82) is 0 Å². The fourth-order valence-electron chi connectivity index (χ4n) is 1.85. The van der Waals surface area contributed by atoms with E-state index < -0.39 is 0 Å².